The van der Waals surface area contributed by atoms with Crippen LogP contribution in [0.1, 0.15) is 33.2 Å². The largest absolute Gasteiger partial charge is 0.462 e. The molecule has 0 heterocycles. The van der Waals surface area contributed by atoms with Crippen LogP contribution in [0.3, 0.4) is 0 Å². The highest BCUT2D eigenvalue weighted by Gasteiger charge is 2.20. The third-order valence-electron chi connectivity index (χ3n) is 2.99. The average Bonchev–Trinajstić information content (AvgIpc) is 2.54. The standard InChI is InChI=1S/C16H13NO5/c1-2-22-16(19)14-9-4-3-8-13(14)15(18)11-6-5-7-12(10-11)17(20)21/h3-10H,2H2,1H3. The smallest absolute Gasteiger partial charge is 0.338 e. The molecule has 6 heteroatoms. The van der Waals surface area contributed by atoms with Crippen molar-refractivity contribution in [3.63, 3.8) is 0 Å². The minimum atomic E-state index is -0.600. The summed E-state index contributed by atoms with van der Waals surface area (Å²) < 4.78 is 4.92. The Bertz CT molecular complexity index is 739. The number of ketones is 1. The minimum absolute atomic E-state index is 0.140. The number of benzene rings is 2. The summed E-state index contributed by atoms with van der Waals surface area (Å²) in [5.74, 6) is -1.07. The molecule has 0 atom stereocenters. The van der Waals surface area contributed by atoms with Crippen molar-refractivity contribution in [1.29, 1.82) is 0 Å². The van der Waals surface area contributed by atoms with E-state index in [4.69, 9.17) is 4.74 Å². The predicted molar refractivity (Wildman–Crippen MR) is 78.9 cm³/mol. The van der Waals surface area contributed by atoms with E-state index in [1.165, 1.54) is 36.4 Å². The van der Waals surface area contributed by atoms with Gasteiger partial charge in [-0.2, -0.15) is 0 Å². The molecule has 2 aromatic carbocycles. The lowest BCUT2D eigenvalue weighted by atomic mass is 9.98. The molecule has 2 rings (SSSR count). The Morgan fingerprint density at radius 2 is 1.77 bits per heavy atom. The van der Waals surface area contributed by atoms with Crippen LogP contribution in [0.5, 0.6) is 0 Å². The van der Waals surface area contributed by atoms with Gasteiger partial charge in [-0.3, -0.25) is 14.9 Å². The topological polar surface area (TPSA) is 86.5 Å². The van der Waals surface area contributed by atoms with Gasteiger partial charge in [0.25, 0.3) is 5.69 Å². The van der Waals surface area contributed by atoms with Crippen molar-refractivity contribution in [3.8, 4) is 0 Å². The maximum atomic E-state index is 12.5. The van der Waals surface area contributed by atoms with Gasteiger partial charge >= 0.3 is 5.97 Å². The Morgan fingerprint density at radius 3 is 2.41 bits per heavy atom. The Labute approximate surface area is 126 Å². The van der Waals surface area contributed by atoms with Gasteiger partial charge in [0.1, 0.15) is 0 Å². The molecule has 0 radical (unpaired) electrons. The van der Waals surface area contributed by atoms with Crippen molar-refractivity contribution >= 4 is 17.4 Å². The molecule has 22 heavy (non-hydrogen) atoms. The van der Waals surface area contributed by atoms with Crippen LogP contribution < -0.4 is 0 Å². The number of nitrogens with zero attached hydrogens (tertiary/aromatic N) is 1. The molecule has 0 N–H and O–H groups in total. The molecule has 0 aromatic heterocycles. The molecule has 0 saturated heterocycles. The second kappa shape index (κ2) is 6.62. The van der Waals surface area contributed by atoms with Crippen LogP contribution in [0.15, 0.2) is 48.5 Å². The highest BCUT2D eigenvalue weighted by Crippen LogP contribution is 2.19. The number of hydrogen-bond acceptors (Lipinski definition) is 5. The zero-order valence-corrected chi connectivity index (χ0v) is 11.8. The molecule has 0 amide bonds. The van der Waals surface area contributed by atoms with E-state index in [0.717, 1.165) is 0 Å². The minimum Gasteiger partial charge on any atom is -0.462 e. The normalized spacial score (nSPS) is 10.0. The van der Waals surface area contributed by atoms with E-state index in [1.54, 1.807) is 19.1 Å². The third-order valence-corrected chi connectivity index (χ3v) is 2.99. The summed E-state index contributed by atoms with van der Waals surface area (Å²) in [6.45, 7) is 1.86. The van der Waals surface area contributed by atoms with Gasteiger partial charge in [0, 0.05) is 23.3 Å². The number of carbonyl (C=O) groups is 2. The van der Waals surface area contributed by atoms with Crippen LogP contribution in [0.2, 0.25) is 0 Å². The van der Waals surface area contributed by atoms with E-state index in [2.05, 4.69) is 0 Å². The van der Waals surface area contributed by atoms with Crippen molar-refractivity contribution < 1.29 is 19.2 Å². The Morgan fingerprint density at radius 1 is 1.09 bits per heavy atom. The monoisotopic (exact) mass is 299 g/mol. The molecule has 0 spiro atoms. The number of non-ortho nitro benzene ring substituents is 1. The zero-order chi connectivity index (χ0) is 16.1. The van der Waals surface area contributed by atoms with Crippen molar-refractivity contribution in [1.82, 2.24) is 0 Å². The van der Waals surface area contributed by atoms with Crippen LogP contribution >= 0.6 is 0 Å². The Kier molecular flexibility index (Phi) is 4.63. The zero-order valence-electron chi connectivity index (χ0n) is 11.8. The molecule has 0 aliphatic rings. The van der Waals surface area contributed by atoms with Gasteiger partial charge < -0.3 is 4.74 Å². The lowest BCUT2D eigenvalue weighted by Gasteiger charge is -2.08. The van der Waals surface area contributed by atoms with Crippen LogP contribution in [0.25, 0.3) is 0 Å². The Balaban J connectivity index is 2.44. The lowest BCUT2D eigenvalue weighted by molar-refractivity contribution is -0.384. The number of ether oxygens (including phenoxy) is 1. The summed E-state index contributed by atoms with van der Waals surface area (Å²) in [7, 11) is 0. The molecule has 112 valence electrons. The van der Waals surface area contributed by atoms with Crippen LogP contribution in [-0.4, -0.2) is 23.3 Å². The van der Waals surface area contributed by atoms with Gasteiger partial charge in [-0.25, -0.2) is 4.79 Å². The van der Waals surface area contributed by atoms with E-state index >= 15 is 0 Å². The summed E-state index contributed by atoms with van der Waals surface area (Å²) in [6, 6.07) is 11.6. The molecule has 0 fully saturated rings. The second-order valence-electron chi connectivity index (χ2n) is 4.40. The van der Waals surface area contributed by atoms with Gasteiger partial charge in [0.15, 0.2) is 5.78 Å². The molecule has 6 nitrogen and oxygen atoms in total. The molecule has 0 saturated carbocycles. The first kappa shape index (κ1) is 15.4. The van der Waals surface area contributed by atoms with E-state index < -0.39 is 16.7 Å². The first-order valence-electron chi connectivity index (χ1n) is 6.60. The third kappa shape index (κ3) is 3.17. The first-order valence-corrected chi connectivity index (χ1v) is 6.60. The van der Waals surface area contributed by atoms with Gasteiger partial charge in [-0.15, -0.1) is 0 Å². The summed E-state index contributed by atoms with van der Waals surface area (Å²) in [6.07, 6.45) is 0. The number of nitro groups is 1. The van der Waals surface area contributed by atoms with Gasteiger partial charge in [-0.1, -0.05) is 30.3 Å². The van der Waals surface area contributed by atoms with Gasteiger partial charge in [-0.05, 0) is 13.0 Å². The van der Waals surface area contributed by atoms with Crippen LogP contribution in [0.4, 0.5) is 5.69 Å². The van der Waals surface area contributed by atoms with E-state index in [-0.39, 0.29) is 29.0 Å². The van der Waals surface area contributed by atoms with Crippen molar-refractivity contribution in [2.45, 2.75) is 6.92 Å². The number of rotatable bonds is 5. The molecule has 0 aliphatic carbocycles. The first-order chi connectivity index (χ1) is 10.5. The van der Waals surface area contributed by atoms with Gasteiger partial charge in [0.05, 0.1) is 17.1 Å². The number of esters is 1. The number of carbonyl (C=O) groups excluding carboxylic acids is 2. The predicted octanol–water partition coefficient (Wildman–Crippen LogP) is 3.00. The van der Waals surface area contributed by atoms with Crippen molar-refractivity contribution in [2.24, 2.45) is 0 Å². The molecular weight excluding hydrogens is 286 g/mol. The molecule has 0 unspecified atom stereocenters. The fourth-order valence-electron chi connectivity index (χ4n) is 1.98. The Hall–Kier alpha value is -3.02. The molecule has 0 aliphatic heterocycles. The average molecular weight is 299 g/mol. The lowest BCUT2D eigenvalue weighted by Crippen LogP contribution is -2.12. The van der Waals surface area contributed by atoms with Crippen molar-refractivity contribution in [2.75, 3.05) is 6.61 Å². The number of nitro benzene ring substituents is 1. The number of hydrogen-bond donors (Lipinski definition) is 0. The summed E-state index contributed by atoms with van der Waals surface area (Å²) >= 11 is 0. The fourth-order valence-corrected chi connectivity index (χ4v) is 1.98. The summed E-state index contributed by atoms with van der Waals surface area (Å²) in [4.78, 5) is 34.6. The summed E-state index contributed by atoms with van der Waals surface area (Å²) in [5, 5.41) is 10.8. The second-order valence-corrected chi connectivity index (χ2v) is 4.40. The molecule has 2 aromatic rings. The van der Waals surface area contributed by atoms with Gasteiger partial charge in [0.2, 0.25) is 0 Å². The SMILES string of the molecule is CCOC(=O)c1ccccc1C(=O)c1cccc([N+](=O)[O-])c1. The maximum Gasteiger partial charge on any atom is 0.338 e. The van der Waals surface area contributed by atoms with Crippen molar-refractivity contribution in [3.05, 3.63) is 75.3 Å². The molecular formula is C16H13NO5. The highest BCUT2D eigenvalue weighted by molar-refractivity contribution is 6.14. The van der Waals surface area contributed by atoms with E-state index in [9.17, 15) is 19.7 Å². The molecule has 0 bridgehead atoms. The van der Waals surface area contributed by atoms with E-state index in [1.807, 2.05) is 0 Å². The summed E-state index contributed by atoms with van der Waals surface area (Å²) in [5.41, 5.74) is 0.257. The van der Waals surface area contributed by atoms with Crippen LogP contribution in [-0.2, 0) is 4.74 Å². The highest BCUT2D eigenvalue weighted by atomic mass is 16.6. The maximum absolute atomic E-state index is 12.5. The quantitative estimate of drug-likeness (QED) is 0.366. The van der Waals surface area contributed by atoms with E-state index in [0.29, 0.717) is 0 Å². The van der Waals surface area contributed by atoms with Crippen LogP contribution in [0, 0.1) is 10.1 Å². The fraction of sp³-hybridized carbons (Fsp3) is 0.125.